The van der Waals surface area contributed by atoms with Gasteiger partial charge in [-0.15, -0.1) is 0 Å². The smallest absolute Gasteiger partial charge is 0.274 e. The zero-order valence-corrected chi connectivity index (χ0v) is 17.1. The van der Waals surface area contributed by atoms with Crippen LogP contribution in [0.5, 0.6) is 0 Å². The first-order valence-corrected chi connectivity index (χ1v) is 9.91. The zero-order chi connectivity index (χ0) is 20.4. The average Bonchev–Trinajstić information content (AvgIpc) is 3.16. The van der Waals surface area contributed by atoms with Gasteiger partial charge in [0.25, 0.3) is 5.91 Å². The molecule has 0 saturated carbocycles. The molecule has 0 atom stereocenters. The summed E-state index contributed by atoms with van der Waals surface area (Å²) in [5.41, 5.74) is 2.92. The van der Waals surface area contributed by atoms with E-state index in [2.05, 4.69) is 20.2 Å². The number of hydrogen-bond donors (Lipinski definition) is 1. The number of rotatable bonds is 4. The van der Waals surface area contributed by atoms with Gasteiger partial charge in [-0.2, -0.15) is 0 Å². The van der Waals surface area contributed by atoms with Crippen molar-refractivity contribution in [3.05, 3.63) is 41.7 Å². The first-order chi connectivity index (χ1) is 13.9. The SMILES string of the molecule is Cc1cc(C(=O)Nc2ccc(N(C)C)cc2)nc(N2CCC3(CC2)OCCO3)n1. The molecule has 2 aliphatic heterocycles. The van der Waals surface area contributed by atoms with Crippen molar-refractivity contribution in [2.24, 2.45) is 0 Å². The Kier molecular flexibility index (Phi) is 5.38. The molecule has 0 unspecified atom stereocenters. The van der Waals surface area contributed by atoms with E-state index in [1.165, 1.54) is 0 Å². The highest BCUT2D eigenvalue weighted by molar-refractivity contribution is 6.03. The molecule has 0 bridgehead atoms. The number of carbonyl (C=O) groups is 1. The molecule has 2 saturated heterocycles. The molecule has 3 heterocycles. The first-order valence-electron chi connectivity index (χ1n) is 9.91. The molecule has 8 nitrogen and oxygen atoms in total. The minimum absolute atomic E-state index is 0.245. The Bertz CT molecular complexity index is 868. The van der Waals surface area contributed by atoms with E-state index in [9.17, 15) is 4.79 Å². The van der Waals surface area contributed by atoms with Crippen LogP contribution in [0.2, 0.25) is 0 Å². The second kappa shape index (κ2) is 7.96. The Balaban J connectivity index is 1.45. The van der Waals surface area contributed by atoms with Crippen molar-refractivity contribution >= 4 is 23.2 Å². The van der Waals surface area contributed by atoms with Crippen molar-refractivity contribution < 1.29 is 14.3 Å². The molecule has 29 heavy (non-hydrogen) atoms. The van der Waals surface area contributed by atoms with E-state index in [0.717, 1.165) is 43.0 Å². The van der Waals surface area contributed by atoms with Crippen LogP contribution in [-0.4, -0.2) is 62.1 Å². The molecule has 8 heteroatoms. The highest BCUT2D eigenvalue weighted by Crippen LogP contribution is 2.32. The number of aromatic nitrogens is 2. The Morgan fingerprint density at radius 2 is 1.76 bits per heavy atom. The summed E-state index contributed by atoms with van der Waals surface area (Å²) in [5.74, 6) is -0.115. The average molecular weight is 397 g/mol. The number of benzene rings is 1. The van der Waals surface area contributed by atoms with Gasteiger partial charge < -0.3 is 24.6 Å². The van der Waals surface area contributed by atoms with Crippen molar-refractivity contribution in [1.82, 2.24) is 9.97 Å². The molecule has 1 aromatic heterocycles. The normalized spacial score (nSPS) is 18.1. The van der Waals surface area contributed by atoms with Gasteiger partial charge in [0.05, 0.1) is 13.2 Å². The molecule has 2 fully saturated rings. The van der Waals surface area contributed by atoms with Crippen molar-refractivity contribution in [3.63, 3.8) is 0 Å². The quantitative estimate of drug-likeness (QED) is 0.849. The summed E-state index contributed by atoms with van der Waals surface area (Å²) in [6.45, 7) is 4.65. The number of piperidine rings is 1. The fraction of sp³-hybridized carbons (Fsp3) is 0.476. The minimum Gasteiger partial charge on any atom is -0.378 e. The lowest BCUT2D eigenvalue weighted by Gasteiger charge is -2.37. The number of aryl methyl sites for hydroxylation is 1. The maximum Gasteiger partial charge on any atom is 0.274 e. The highest BCUT2D eigenvalue weighted by atomic mass is 16.7. The van der Waals surface area contributed by atoms with Crippen molar-refractivity contribution in [2.75, 3.05) is 55.5 Å². The Labute approximate surface area is 170 Å². The molecular formula is C21H27N5O3. The summed E-state index contributed by atoms with van der Waals surface area (Å²) in [6, 6.07) is 9.40. The van der Waals surface area contributed by atoms with Crippen molar-refractivity contribution in [1.29, 1.82) is 0 Å². The molecule has 1 aromatic carbocycles. The third-order valence-electron chi connectivity index (χ3n) is 5.34. The van der Waals surface area contributed by atoms with Gasteiger partial charge >= 0.3 is 0 Å². The summed E-state index contributed by atoms with van der Waals surface area (Å²) in [6.07, 6.45) is 1.54. The maximum atomic E-state index is 12.8. The van der Waals surface area contributed by atoms with E-state index >= 15 is 0 Å². The van der Waals surface area contributed by atoms with Crippen LogP contribution < -0.4 is 15.1 Å². The van der Waals surface area contributed by atoms with Crippen LogP contribution in [0.3, 0.4) is 0 Å². The van der Waals surface area contributed by atoms with E-state index in [-0.39, 0.29) is 5.91 Å². The standard InChI is InChI=1S/C21H27N5O3/c1-15-14-18(19(27)23-16-4-6-17(7-5-16)25(2)3)24-20(22-15)26-10-8-21(9-11-26)28-12-13-29-21/h4-7,14H,8-13H2,1-3H3,(H,23,27). The van der Waals surface area contributed by atoms with Gasteiger partial charge in [0.1, 0.15) is 5.69 Å². The summed E-state index contributed by atoms with van der Waals surface area (Å²) in [4.78, 5) is 25.9. The van der Waals surface area contributed by atoms with Gasteiger partial charge in [-0.3, -0.25) is 4.79 Å². The molecule has 2 aromatic rings. The number of amides is 1. The maximum absolute atomic E-state index is 12.8. The van der Waals surface area contributed by atoms with Gasteiger partial charge in [-0.1, -0.05) is 0 Å². The van der Waals surface area contributed by atoms with Crippen LogP contribution in [0, 0.1) is 6.92 Å². The van der Waals surface area contributed by atoms with Crippen LogP contribution in [0.25, 0.3) is 0 Å². The number of ether oxygens (including phenoxy) is 2. The van der Waals surface area contributed by atoms with E-state index in [4.69, 9.17) is 9.47 Å². The van der Waals surface area contributed by atoms with Crippen LogP contribution in [0.1, 0.15) is 29.0 Å². The predicted octanol–water partition coefficient (Wildman–Crippen LogP) is 2.45. The number of hydrogen-bond acceptors (Lipinski definition) is 7. The third-order valence-corrected chi connectivity index (χ3v) is 5.34. The summed E-state index contributed by atoms with van der Waals surface area (Å²) in [7, 11) is 3.96. The van der Waals surface area contributed by atoms with Crippen LogP contribution >= 0.6 is 0 Å². The molecule has 0 radical (unpaired) electrons. The molecule has 4 rings (SSSR count). The number of nitrogens with zero attached hydrogens (tertiary/aromatic N) is 4. The third kappa shape index (κ3) is 4.33. The molecule has 2 aliphatic rings. The topological polar surface area (TPSA) is 79.8 Å². The summed E-state index contributed by atoms with van der Waals surface area (Å²) in [5, 5.41) is 2.92. The fourth-order valence-corrected chi connectivity index (χ4v) is 3.68. The second-order valence-corrected chi connectivity index (χ2v) is 7.68. The molecule has 1 amide bonds. The van der Waals surface area contributed by atoms with Gasteiger partial charge in [-0.05, 0) is 37.3 Å². The predicted molar refractivity (Wildman–Crippen MR) is 112 cm³/mol. The number of anilines is 3. The van der Waals surface area contributed by atoms with Gasteiger partial charge in [0.15, 0.2) is 5.79 Å². The molecule has 1 spiro atoms. The Morgan fingerprint density at radius 1 is 1.10 bits per heavy atom. The van der Waals surface area contributed by atoms with Crippen molar-refractivity contribution in [2.45, 2.75) is 25.6 Å². The van der Waals surface area contributed by atoms with Gasteiger partial charge in [0, 0.05) is 57.1 Å². The van der Waals surface area contributed by atoms with E-state index < -0.39 is 5.79 Å². The minimum atomic E-state index is -0.445. The lowest BCUT2D eigenvalue weighted by Crippen LogP contribution is -2.45. The van der Waals surface area contributed by atoms with Crippen LogP contribution in [0.15, 0.2) is 30.3 Å². The largest absolute Gasteiger partial charge is 0.378 e. The van der Waals surface area contributed by atoms with Crippen LogP contribution in [0.4, 0.5) is 17.3 Å². The molecule has 0 aliphatic carbocycles. The summed E-state index contributed by atoms with van der Waals surface area (Å²) < 4.78 is 11.6. The van der Waals surface area contributed by atoms with Crippen molar-refractivity contribution in [3.8, 4) is 0 Å². The second-order valence-electron chi connectivity index (χ2n) is 7.68. The number of carbonyl (C=O) groups excluding carboxylic acids is 1. The number of nitrogens with one attached hydrogen (secondary N) is 1. The molecular weight excluding hydrogens is 370 g/mol. The summed E-state index contributed by atoms with van der Waals surface area (Å²) >= 11 is 0. The highest BCUT2D eigenvalue weighted by Gasteiger charge is 2.40. The molecule has 154 valence electrons. The van der Waals surface area contributed by atoms with E-state index in [1.807, 2.05) is 50.2 Å². The monoisotopic (exact) mass is 397 g/mol. The van der Waals surface area contributed by atoms with Gasteiger partial charge in [0.2, 0.25) is 5.95 Å². The van der Waals surface area contributed by atoms with E-state index in [0.29, 0.717) is 24.9 Å². The van der Waals surface area contributed by atoms with E-state index in [1.54, 1.807) is 6.07 Å². The van der Waals surface area contributed by atoms with Gasteiger partial charge in [-0.25, -0.2) is 9.97 Å². The lowest BCUT2D eigenvalue weighted by molar-refractivity contribution is -0.169. The fourth-order valence-electron chi connectivity index (χ4n) is 3.68. The Morgan fingerprint density at radius 3 is 2.38 bits per heavy atom. The molecule has 1 N–H and O–H groups in total. The first kappa shape index (κ1) is 19.6. The Hall–Kier alpha value is -2.71. The zero-order valence-electron chi connectivity index (χ0n) is 17.1. The lowest BCUT2D eigenvalue weighted by atomic mass is 10.0. The van der Waals surface area contributed by atoms with Crippen LogP contribution in [-0.2, 0) is 9.47 Å².